The number of rotatable bonds is 5. The third-order valence-electron chi connectivity index (χ3n) is 5.87. The molecule has 7 nitrogen and oxygen atoms in total. The van der Waals surface area contributed by atoms with Crippen molar-refractivity contribution >= 4 is 17.4 Å². The maximum Gasteiger partial charge on any atom is 0.410 e. The van der Waals surface area contributed by atoms with Crippen LogP contribution in [0.25, 0.3) is 0 Å². The first-order chi connectivity index (χ1) is 16.1. The molecule has 1 aliphatic rings. The zero-order chi connectivity index (χ0) is 24.6. The maximum atomic E-state index is 14.0. The van der Waals surface area contributed by atoms with Crippen LogP contribution in [0.1, 0.15) is 45.7 Å². The van der Waals surface area contributed by atoms with Crippen molar-refractivity contribution in [2.24, 2.45) is 0 Å². The number of methoxy groups -OCH3 is 2. The Morgan fingerprint density at radius 2 is 1.82 bits per heavy atom. The number of fused-ring (bicyclic) bond motifs is 1. The number of benzene rings is 2. The molecule has 4 rings (SSSR count). The first kappa shape index (κ1) is 23.5. The molecular formula is C24H25F3N4O3. The second kappa shape index (κ2) is 8.92. The Balaban J connectivity index is 1.66. The minimum Gasteiger partial charge on any atom is -0.493 e. The molecule has 1 aromatic heterocycles. The van der Waals surface area contributed by atoms with Gasteiger partial charge in [-0.05, 0) is 48.7 Å². The monoisotopic (exact) mass is 474 g/mol. The van der Waals surface area contributed by atoms with Crippen LogP contribution in [0.3, 0.4) is 0 Å². The van der Waals surface area contributed by atoms with Gasteiger partial charge in [0.25, 0.3) is 5.91 Å². The second-order valence-electron chi connectivity index (χ2n) is 8.24. The predicted molar refractivity (Wildman–Crippen MR) is 122 cm³/mol. The Kier molecular flexibility index (Phi) is 6.16. The molecule has 2 aromatic carbocycles. The quantitative estimate of drug-likeness (QED) is 0.516. The third-order valence-corrected chi connectivity index (χ3v) is 5.87. The molecule has 0 aliphatic carbocycles. The number of carbonyl (C=O) groups is 1. The average Bonchev–Trinajstić information content (AvgIpc) is 3.24. The molecule has 1 aliphatic heterocycles. The van der Waals surface area contributed by atoms with Crippen molar-refractivity contribution in [2.75, 3.05) is 24.9 Å². The van der Waals surface area contributed by atoms with Crippen molar-refractivity contribution < 1.29 is 27.4 Å². The standard InChI is InChI=1S/C24H25F3N4O3/c1-13-5-6-14(2)16(9-13)29-23(32)18-12-22-28-17(11-21(24(25,26)27)31(22)30-18)15-7-8-19(33-3)20(10-15)34-4/h5-10,12,17,21,28H,11H2,1-4H3,(H,29,32). The van der Waals surface area contributed by atoms with Gasteiger partial charge < -0.3 is 20.1 Å². The zero-order valence-corrected chi connectivity index (χ0v) is 19.2. The summed E-state index contributed by atoms with van der Waals surface area (Å²) in [5, 5.41) is 9.85. The largest absolute Gasteiger partial charge is 0.493 e. The van der Waals surface area contributed by atoms with Gasteiger partial charge in [0, 0.05) is 18.2 Å². The SMILES string of the molecule is COc1ccc(C2CC(C(F)(F)F)n3nc(C(=O)Nc4cc(C)ccc4C)cc3N2)cc1OC. The van der Waals surface area contributed by atoms with Crippen molar-refractivity contribution in [3.05, 3.63) is 64.8 Å². The molecule has 2 atom stereocenters. The Labute approximate surface area is 194 Å². The molecule has 2 heterocycles. The highest BCUT2D eigenvalue weighted by molar-refractivity contribution is 6.03. The molecule has 0 saturated carbocycles. The van der Waals surface area contributed by atoms with Crippen molar-refractivity contribution in [3.8, 4) is 11.5 Å². The van der Waals surface area contributed by atoms with Crippen LogP contribution in [0.4, 0.5) is 24.7 Å². The number of aromatic nitrogens is 2. The number of nitrogens with one attached hydrogen (secondary N) is 2. The lowest BCUT2D eigenvalue weighted by Gasteiger charge is -2.33. The van der Waals surface area contributed by atoms with E-state index in [1.54, 1.807) is 24.3 Å². The van der Waals surface area contributed by atoms with Gasteiger partial charge in [-0.2, -0.15) is 18.3 Å². The summed E-state index contributed by atoms with van der Waals surface area (Å²) in [6, 6.07) is 9.31. The molecule has 2 unspecified atom stereocenters. The lowest BCUT2D eigenvalue weighted by Crippen LogP contribution is -2.35. The van der Waals surface area contributed by atoms with E-state index in [4.69, 9.17) is 9.47 Å². The van der Waals surface area contributed by atoms with Gasteiger partial charge in [-0.3, -0.25) is 4.79 Å². The molecule has 0 fully saturated rings. The molecule has 0 bridgehead atoms. The van der Waals surface area contributed by atoms with Crippen LogP contribution in [0.15, 0.2) is 42.5 Å². The van der Waals surface area contributed by atoms with E-state index in [0.29, 0.717) is 22.7 Å². The fourth-order valence-electron chi connectivity index (χ4n) is 4.03. The third kappa shape index (κ3) is 4.52. The topological polar surface area (TPSA) is 77.4 Å². The summed E-state index contributed by atoms with van der Waals surface area (Å²) in [5.41, 5.74) is 2.86. The Morgan fingerprint density at radius 1 is 1.09 bits per heavy atom. The highest BCUT2D eigenvalue weighted by Gasteiger charge is 2.47. The van der Waals surface area contributed by atoms with Crippen LogP contribution in [0, 0.1) is 13.8 Å². The lowest BCUT2D eigenvalue weighted by molar-refractivity contribution is -0.173. The Morgan fingerprint density at radius 3 is 2.50 bits per heavy atom. The van der Waals surface area contributed by atoms with Crippen LogP contribution < -0.4 is 20.1 Å². The van der Waals surface area contributed by atoms with Gasteiger partial charge in [0.05, 0.1) is 20.3 Å². The van der Waals surface area contributed by atoms with Gasteiger partial charge in [-0.1, -0.05) is 18.2 Å². The van der Waals surface area contributed by atoms with Crippen molar-refractivity contribution in [1.29, 1.82) is 0 Å². The number of amides is 1. The number of aryl methyl sites for hydroxylation is 2. The number of hydrogen-bond acceptors (Lipinski definition) is 5. The van der Waals surface area contributed by atoms with Crippen LogP contribution in [0.2, 0.25) is 0 Å². The number of anilines is 2. The fourth-order valence-corrected chi connectivity index (χ4v) is 4.03. The van der Waals surface area contributed by atoms with Crippen LogP contribution in [0.5, 0.6) is 11.5 Å². The van der Waals surface area contributed by atoms with Crippen molar-refractivity contribution in [2.45, 2.75) is 38.5 Å². The fraction of sp³-hybridized carbons (Fsp3) is 0.333. The van der Waals surface area contributed by atoms with Gasteiger partial charge in [0.2, 0.25) is 0 Å². The molecule has 180 valence electrons. The van der Waals surface area contributed by atoms with Gasteiger partial charge in [0.15, 0.2) is 23.2 Å². The van der Waals surface area contributed by atoms with E-state index in [-0.39, 0.29) is 17.9 Å². The minimum absolute atomic E-state index is 0.106. The minimum atomic E-state index is -4.56. The summed E-state index contributed by atoms with van der Waals surface area (Å²) in [4.78, 5) is 12.8. The average molecular weight is 474 g/mol. The maximum absolute atomic E-state index is 14.0. The molecule has 10 heteroatoms. The zero-order valence-electron chi connectivity index (χ0n) is 19.2. The molecule has 1 amide bonds. The van der Waals surface area contributed by atoms with E-state index in [1.165, 1.54) is 20.3 Å². The molecule has 3 aromatic rings. The van der Waals surface area contributed by atoms with Crippen LogP contribution >= 0.6 is 0 Å². The number of nitrogens with zero attached hydrogens (tertiary/aromatic N) is 2. The molecule has 0 saturated heterocycles. The second-order valence-corrected chi connectivity index (χ2v) is 8.24. The van der Waals surface area contributed by atoms with E-state index in [0.717, 1.165) is 15.8 Å². The molecule has 2 N–H and O–H groups in total. The highest BCUT2D eigenvalue weighted by atomic mass is 19.4. The number of halogens is 3. The molecule has 0 spiro atoms. The van der Waals surface area contributed by atoms with Gasteiger partial charge in [-0.15, -0.1) is 0 Å². The van der Waals surface area contributed by atoms with Gasteiger partial charge in [0.1, 0.15) is 5.82 Å². The number of hydrogen-bond donors (Lipinski definition) is 2. The van der Waals surface area contributed by atoms with Crippen molar-refractivity contribution in [1.82, 2.24) is 9.78 Å². The first-order valence-corrected chi connectivity index (χ1v) is 10.6. The van der Waals surface area contributed by atoms with Crippen LogP contribution in [-0.4, -0.2) is 36.1 Å². The predicted octanol–water partition coefficient (Wildman–Crippen LogP) is 5.43. The summed E-state index contributed by atoms with van der Waals surface area (Å²) >= 11 is 0. The van der Waals surface area contributed by atoms with E-state index in [1.807, 2.05) is 26.0 Å². The molecular weight excluding hydrogens is 449 g/mol. The molecule has 34 heavy (non-hydrogen) atoms. The first-order valence-electron chi connectivity index (χ1n) is 10.6. The normalized spacial score (nSPS) is 17.5. The van der Waals surface area contributed by atoms with Gasteiger partial charge in [-0.25, -0.2) is 4.68 Å². The van der Waals surface area contributed by atoms with Crippen molar-refractivity contribution in [3.63, 3.8) is 0 Å². The van der Waals surface area contributed by atoms with E-state index >= 15 is 0 Å². The summed E-state index contributed by atoms with van der Waals surface area (Å²) in [5.74, 6) is 0.420. The number of carbonyl (C=O) groups excluding carboxylic acids is 1. The Hall–Kier alpha value is -3.69. The highest BCUT2D eigenvalue weighted by Crippen LogP contribution is 2.44. The Bertz CT molecular complexity index is 1220. The summed E-state index contributed by atoms with van der Waals surface area (Å²) in [6.07, 6.45) is -4.86. The lowest BCUT2D eigenvalue weighted by atomic mass is 9.96. The number of alkyl halides is 3. The van der Waals surface area contributed by atoms with Crippen LogP contribution in [-0.2, 0) is 0 Å². The summed E-state index contributed by atoms with van der Waals surface area (Å²) < 4.78 is 53.3. The smallest absolute Gasteiger partial charge is 0.410 e. The molecule has 0 radical (unpaired) electrons. The van der Waals surface area contributed by atoms with Gasteiger partial charge >= 0.3 is 6.18 Å². The van der Waals surface area contributed by atoms with E-state index in [2.05, 4.69) is 15.7 Å². The van der Waals surface area contributed by atoms with E-state index in [9.17, 15) is 18.0 Å². The van der Waals surface area contributed by atoms with E-state index < -0.39 is 24.2 Å². The number of ether oxygens (including phenoxy) is 2. The summed E-state index contributed by atoms with van der Waals surface area (Å²) in [7, 11) is 2.95. The summed E-state index contributed by atoms with van der Waals surface area (Å²) in [6.45, 7) is 3.72.